The molecule has 1 heterocycles. The minimum atomic E-state index is 0. The van der Waals surface area contributed by atoms with Crippen LogP contribution in [0.5, 0.6) is 0 Å². The number of nitrogens with zero attached hydrogens (tertiary/aromatic N) is 2. The third kappa shape index (κ3) is 19.3. The van der Waals surface area contributed by atoms with E-state index in [1.54, 1.807) is 4.90 Å². The molecule has 0 aromatic rings. The molecule has 0 amide bonds. The van der Waals surface area contributed by atoms with Gasteiger partial charge in [-0.25, -0.2) is 0 Å². The molecule has 1 radical (unpaired) electrons. The monoisotopic (exact) mass is 444 g/mol. The minimum Gasteiger partial charge on any atom is -0.487 e. The Balaban J connectivity index is -0.0000000597. The van der Waals surface area contributed by atoms with E-state index in [0.717, 1.165) is 6.54 Å². The maximum atomic E-state index is 3.55. The molecule has 0 saturated carbocycles. The third-order valence-electron chi connectivity index (χ3n) is 1.71. The van der Waals surface area contributed by atoms with Crippen molar-refractivity contribution in [2.45, 2.75) is 12.8 Å². The Labute approximate surface area is 130 Å². The molecule has 0 spiro atoms. The van der Waals surface area contributed by atoms with Gasteiger partial charge in [-0.15, -0.1) is 0 Å². The van der Waals surface area contributed by atoms with Crippen LogP contribution < -0.4 is 0 Å². The Morgan fingerprint density at radius 2 is 1.57 bits per heavy atom. The quantitative estimate of drug-likeness (QED) is 0.569. The van der Waals surface area contributed by atoms with E-state index in [0.29, 0.717) is 0 Å². The first-order valence-corrected chi connectivity index (χ1v) is 4.16. The van der Waals surface area contributed by atoms with Crippen molar-refractivity contribution in [2.24, 2.45) is 0 Å². The van der Waals surface area contributed by atoms with Crippen molar-refractivity contribution in [2.75, 3.05) is 33.7 Å². The summed E-state index contributed by atoms with van der Waals surface area (Å²) in [6.07, 6.45) is 2.83. The average molecular weight is 444 g/mol. The van der Waals surface area contributed by atoms with Gasteiger partial charge in [-0.05, 0) is 40.0 Å². The van der Waals surface area contributed by atoms with Crippen molar-refractivity contribution in [3.63, 3.8) is 0 Å². The first-order chi connectivity index (χ1) is 5.16. The summed E-state index contributed by atoms with van der Waals surface area (Å²) < 4.78 is 0. The summed E-state index contributed by atoms with van der Waals surface area (Å²) >= 11 is 0. The van der Waals surface area contributed by atoms with E-state index < -0.39 is 0 Å². The van der Waals surface area contributed by atoms with E-state index in [2.05, 4.69) is 25.9 Å². The topological polar surface area (TPSA) is 6.48 Å². The Hall–Kier alpha value is 1.71. The van der Waals surface area contributed by atoms with Crippen LogP contribution in [0.2, 0.25) is 0 Å². The molecular formula is C10H23N2WY-3. The molecule has 1 fully saturated rings. The maximum Gasteiger partial charge on any atom is 0 e. The van der Waals surface area contributed by atoms with Crippen LogP contribution >= 0.6 is 0 Å². The van der Waals surface area contributed by atoms with Crippen LogP contribution in [0.1, 0.15) is 12.8 Å². The van der Waals surface area contributed by atoms with Crippen molar-refractivity contribution in [1.29, 1.82) is 0 Å². The van der Waals surface area contributed by atoms with E-state index >= 15 is 0 Å². The van der Waals surface area contributed by atoms with Crippen molar-refractivity contribution in [1.82, 2.24) is 9.80 Å². The van der Waals surface area contributed by atoms with Crippen molar-refractivity contribution >= 4 is 0 Å². The van der Waals surface area contributed by atoms with E-state index in [9.17, 15) is 0 Å². The summed E-state index contributed by atoms with van der Waals surface area (Å²) in [6.45, 7) is 6.97. The predicted octanol–water partition coefficient (Wildman–Crippen LogP) is 1.70. The molecule has 0 N–H and O–H groups in total. The maximum absolute atomic E-state index is 3.55. The van der Waals surface area contributed by atoms with Crippen LogP contribution in [0, 0.1) is 21.4 Å². The molecule has 0 atom stereocenters. The summed E-state index contributed by atoms with van der Waals surface area (Å²) in [7, 11) is 7.58. The molecule has 0 aliphatic carbocycles. The molecular weight excluding hydrogens is 421 g/mol. The molecule has 85 valence electrons. The number of hydrogen-bond acceptors (Lipinski definition) is 2. The molecule has 0 unspecified atom stereocenters. The van der Waals surface area contributed by atoms with Crippen LogP contribution in [0.15, 0.2) is 0 Å². The summed E-state index contributed by atoms with van der Waals surface area (Å²) in [5, 5.41) is 0. The largest absolute Gasteiger partial charge is 0.487 e. The zero-order chi connectivity index (χ0) is 8.69. The first-order valence-electron chi connectivity index (χ1n) is 4.16. The van der Waals surface area contributed by atoms with Gasteiger partial charge in [0.15, 0.2) is 0 Å². The fourth-order valence-electron chi connectivity index (χ4n) is 0.875. The predicted molar refractivity (Wildman–Crippen MR) is 56.5 cm³/mol. The van der Waals surface area contributed by atoms with Gasteiger partial charge in [0, 0.05) is 53.8 Å². The van der Waals surface area contributed by atoms with Gasteiger partial charge in [0.25, 0.3) is 0 Å². The van der Waals surface area contributed by atoms with E-state index in [1.165, 1.54) is 25.9 Å². The van der Waals surface area contributed by atoms with Gasteiger partial charge in [0.05, 0.1) is 0 Å². The molecule has 0 bridgehead atoms. The number of likely N-dealkylation sites (tertiary alicyclic amines) is 1. The number of rotatable bonds is 1. The molecule has 4 heteroatoms. The summed E-state index contributed by atoms with van der Waals surface area (Å²) in [4.78, 5) is 4.12. The van der Waals surface area contributed by atoms with Crippen LogP contribution in [-0.2, 0) is 53.8 Å². The van der Waals surface area contributed by atoms with Crippen molar-refractivity contribution < 1.29 is 53.8 Å². The van der Waals surface area contributed by atoms with Gasteiger partial charge >= 0.3 is 0 Å². The van der Waals surface area contributed by atoms with Gasteiger partial charge in [-0.1, -0.05) is 0 Å². The Morgan fingerprint density at radius 3 is 1.64 bits per heavy atom. The van der Waals surface area contributed by atoms with Crippen LogP contribution in [0.4, 0.5) is 0 Å². The zero-order valence-corrected chi connectivity index (χ0v) is 15.6. The van der Waals surface area contributed by atoms with Crippen LogP contribution in [0.25, 0.3) is 0 Å². The second-order valence-electron chi connectivity index (χ2n) is 3.09. The second-order valence-corrected chi connectivity index (χ2v) is 3.09. The van der Waals surface area contributed by atoms with Crippen molar-refractivity contribution in [3.8, 4) is 0 Å². The molecule has 1 saturated heterocycles. The molecule has 2 nitrogen and oxygen atoms in total. The minimum absolute atomic E-state index is 0. The Bertz CT molecular complexity index is 86.2. The van der Waals surface area contributed by atoms with E-state index in [1.807, 2.05) is 7.05 Å². The molecule has 0 aromatic carbocycles. The SMILES string of the molecule is CN1CCCC1.[CH2-]CN([CH2-])C.[CH3-].[W].[Y]. The molecule has 0 aromatic heterocycles. The standard InChI is InChI=1S/C5H11N.C4H9N.CH3.W.Y/c1-6-4-2-3-5-6;1-4-5(2)3;;;/h2-5H2,1H3;1-2,4H2,3H3;1H3;;/q;-2;-1;;. The molecule has 1 rings (SSSR count). The van der Waals surface area contributed by atoms with Gasteiger partial charge < -0.3 is 24.2 Å². The summed E-state index contributed by atoms with van der Waals surface area (Å²) in [6, 6.07) is 0. The third-order valence-corrected chi connectivity index (χ3v) is 1.71. The van der Waals surface area contributed by atoms with Gasteiger partial charge in [0.1, 0.15) is 0 Å². The first kappa shape index (κ1) is 24.8. The normalized spacial score (nSPS) is 14.4. The number of hydrogen-bond donors (Lipinski definition) is 0. The zero-order valence-electron chi connectivity index (χ0n) is 9.83. The van der Waals surface area contributed by atoms with E-state index in [-0.39, 0.29) is 61.2 Å². The smallest absolute Gasteiger partial charge is 0 e. The molecule has 1 aliphatic heterocycles. The van der Waals surface area contributed by atoms with Gasteiger partial charge in [-0.3, -0.25) is 7.05 Å². The average Bonchev–Trinajstić information content (AvgIpc) is 2.41. The Morgan fingerprint density at radius 1 is 1.29 bits per heavy atom. The Kier molecular flexibility index (Phi) is 30.3. The van der Waals surface area contributed by atoms with Crippen LogP contribution in [0.3, 0.4) is 0 Å². The molecule has 1 aliphatic rings. The van der Waals surface area contributed by atoms with Crippen LogP contribution in [-0.4, -0.2) is 43.5 Å². The summed E-state index contributed by atoms with van der Waals surface area (Å²) in [5.74, 6) is 0. The molecule has 14 heavy (non-hydrogen) atoms. The van der Waals surface area contributed by atoms with E-state index in [4.69, 9.17) is 0 Å². The van der Waals surface area contributed by atoms with Gasteiger partial charge in [-0.2, -0.15) is 6.54 Å². The second kappa shape index (κ2) is 17.1. The fraction of sp³-hybridized carbons (Fsp3) is 0.700. The van der Waals surface area contributed by atoms with Crippen molar-refractivity contribution in [3.05, 3.63) is 21.4 Å². The summed E-state index contributed by atoms with van der Waals surface area (Å²) in [5.41, 5.74) is 0. The fourth-order valence-corrected chi connectivity index (χ4v) is 0.875. The van der Waals surface area contributed by atoms with Gasteiger partial charge in [0.2, 0.25) is 0 Å².